The molecule has 1 aromatic heterocycles. The van der Waals surface area contributed by atoms with Crippen LogP contribution in [0.1, 0.15) is 26.9 Å². The third kappa shape index (κ3) is 2.83. The second-order valence-electron chi connectivity index (χ2n) is 4.50. The van der Waals surface area contributed by atoms with Crippen LogP contribution in [0.2, 0.25) is 0 Å². The molecule has 5 heteroatoms. The molecule has 0 saturated carbocycles. The SMILES string of the molecule is COc1csc(C(Cl)c2c(C)c(Br)cc(C)c2OC)c1. The smallest absolute Gasteiger partial charge is 0.129 e. The number of benzene rings is 1. The van der Waals surface area contributed by atoms with Crippen molar-refractivity contribution in [3.8, 4) is 11.5 Å². The van der Waals surface area contributed by atoms with Gasteiger partial charge in [-0.3, -0.25) is 0 Å². The largest absolute Gasteiger partial charge is 0.496 e. The molecule has 0 bridgehead atoms. The zero-order valence-corrected chi connectivity index (χ0v) is 14.9. The molecule has 2 rings (SSSR count). The van der Waals surface area contributed by atoms with Crippen molar-refractivity contribution in [2.75, 3.05) is 14.2 Å². The highest BCUT2D eigenvalue weighted by molar-refractivity contribution is 9.10. The lowest BCUT2D eigenvalue weighted by atomic mass is 10.00. The lowest BCUT2D eigenvalue weighted by Gasteiger charge is -2.19. The Balaban J connectivity index is 2.55. The molecule has 2 nitrogen and oxygen atoms in total. The first-order valence-corrected chi connectivity index (χ1v) is 8.20. The molecular weight excluding hydrogens is 360 g/mol. The van der Waals surface area contributed by atoms with Crippen molar-refractivity contribution in [2.45, 2.75) is 19.2 Å². The first-order chi connectivity index (χ1) is 9.49. The van der Waals surface area contributed by atoms with Gasteiger partial charge in [0.1, 0.15) is 11.5 Å². The number of rotatable bonds is 4. The fourth-order valence-electron chi connectivity index (χ4n) is 2.17. The molecule has 1 heterocycles. The van der Waals surface area contributed by atoms with Crippen LogP contribution in [0.5, 0.6) is 11.5 Å². The van der Waals surface area contributed by atoms with Crippen molar-refractivity contribution in [1.82, 2.24) is 0 Å². The molecule has 1 unspecified atom stereocenters. The van der Waals surface area contributed by atoms with Crippen molar-refractivity contribution >= 4 is 38.9 Å². The summed E-state index contributed by atoms with van der Waals surface area (Å²) in [7, 11) is 3.34. The Morgan fingerprint density at radius 2 is 1.90 bits per heavy atom. The van der Waals surface area contributed by atoms with E-state index in [1.54, 1.807) is 25.6 Å². The highest BCUT2D eigenvalue weighted by Crippen LogP contribution is 2.44. The summed E-state index contributed by atoms with van der Waals surface area (Å²) in [4.78, 5) is 1.04. The first-order valence-electron chi connectivity index (χ1n) is 6.09. The molecule has 0 aliphatic rings. The molecule has 0 fully saturated rings. The van der Waals surface area contributed by atoms with Crippen molar-refractivity contribution in [3.63, 3.8) is 0 Å². The topological polar surface area (TPSA) is 18.5 Å². The van der Waals surface area contributed by atoms with Crippen LogP contribution >= 0.6 is 38.9 Å². The maximum absolute atomic E-state index is 6.69. The molecule has 2 aromatic rings. The number of ether oxygens (including phenoxy) is 2. The Kier molecular flexibility index (Phi) is 4.99. The van der Waals surface area contributed by atoms with Gasteiger partial charge in [-0.2, -0.15) is 0 Å². The van der Waals surface area contributed by atoms with Gasteiger partial charge in [0.05, 0.1) is 19.6 Å². The molecule has 0 aliphatic carbocycles. The van der Waals surface area contributed by atoms with E-state index >= 15 is 0 Å². The van der Waals surface area contributed by atoms with Crippen LogP contribution in [0, 0.1) is 13.8 Å². The van der Waals surface area contributed by atoms with E-state index in [-0.39, 0.29) is 5.38 Å². The number of alkyl halides is 1. The molecule has 1 aromatic carbocycles. The zero-order chi connectivity index (χ0) is 14.9. The second kappa shape index (κ2) is 6.37. The lowest BCUT2D eigenvalue weighted by Crippen LogP contribution is -2.02. The molecule has 0 amide bonds. The van der Waals surface area contributed by atoms with E-state index in [2.05, 4.69) is 22.0 Å². The van der Waals surface area contributed by atoms with Crippen molar-refractivity contribution in [3.05, 3.63) is 43.6 Å². The van der Waals surface area contributed by atoms with Gasteiger partial charge in [-0.1, -0.05) is 15.9 Å². The van der Waals surface area contributed by atoms with Crippen LogP contribution in [-0.2, 0) is 0 Å². The van der Waals surface area contributed by atoms with Gasteiger partial charge < -0.3 is 9.47 Å². The maximum Gasteiger partial charge on any atom is 0.129 e. The van der Waals surface area contributed by atoms with Crippen molar-refractivity contribution in [1.29, 1.82) is 0 Å². The Labute approximate surface area is 136 Å². The summed E-state index contributed by atoms with van der Waals surface area (Å²) in [5.41, 5.74) is 3.17. The molecule has 108 valence electrons. The minimum Gasteiger partial charge on any atom is -0.496 e. The van der Waals surface area contributed by atoms with Crippen molar-refractivity contribution in [2.24, 2.45) is 0 Å². The Bertz CT molecular complexity index is 625. The number of aryl methyl sites for hydroxylation is 1. The molecule has 0 aliphatic heterocycles. The highest BCUT2D eigenvalue weighted by Gasteiger charge is 2.23. The summed E-state index contributed by atoms with van der Waals surface area (Å²) >= 11 is 11.9. The van der Waals surface area contributed by atoms with E-state index in [0.717, 1.165) is 37.5 Å². The van der Waals surface area contributed by atoms with Gasteiger partial charge in [-0.15, -0.1) is 22.9 Å². The Hall–Kier alpha value is -0.710. The summed E-state index contributed by atoms with van der Waals surface area (Å²) in [6.45, 7) is 4.06. The zero-order valence-electron chi connectivity index (χ0n) is 11.8. The van der Waals surface area contributed by atoms with E-state index < -0.39 is 0 Å². The first kappa shape index (κ1) is 15.7. The molecule has 0 spiro atoms. The summed E-state index contributed by atoms with van der Waals surface area (Å²) in [6.07, 6.45) is 0. The van der Waals surface area contributed by atoms with Gasteiger partial charge >= 0.3 is 0 Å². The predicted molar refractivity (Wildman–Crippen MR) is 88.7 cm³/mol. The second-order valence-corrected chi connectivity index (χ2v) is 6.73. The summed E-state index contributed by atoms with van der Waals surface area (Å²) in [5.74, 6) is 1.68. The average Bonchev–Trinajstić information content (AvgIpc) is 2.90. The Morgan fingerprint density at radius 3 is 2.45 bits per heavy atom. The standard InChI is InChI=1S/C15H16BrClO2S/c1-8-5-11(16)9(2)13(15(8)19-4)14(17)12-6-10(18-3)7-20-12/h5-7,14H,1-4H3. The van der Waals surface area contributed by atoms with E-state index in [4.69, 9.17) is 21.1 Å². The Morgan fingerprint density at radius 1 is 1.20 bits per heavy atom. The molecule has 0 N–H and O–H groups in total. The predicted octanol–water partition coefficient (Wildman–Crippen LogP) is 5.47. The lowest BCUT2D eigenvalue weighted by molar-refractivity contribution is 0.406. The van der Waals surface area contributed by atoms with Gasteiger partial charge in [-0.05, 0) is 37.1 Å². The van der Waals surface area contributed by atoms with Gasteiger partial charge in [0.2, 0.25) is 0 Å². The normalized spacial score (nSPS) is 12.3. The number of halogens is 2. The fraction of sp³-hybridized carbons (Fsp3) is 0.333. The van der Waals surface area contributed by atoms with Crippen LogP contribution in [0.25, 0.3) is 0 Å². The number of hydrogen-bond acceptors (Lipinski definition) is 3. The fourth-order valence-corrected chi connectivity index (χ4v) is 4.04. The van der Waals surface area contributed by atoms with Crippen LogP contribution in [0.3, 0.4) is 0 Å². The molecule has 0 saturated heterocycles. The minimum atomic E-state index is -0.255. The van der Waals surface area contributed by atoms with Crippen LogP contribution < -0.4 is 9.47 Å². The quantitative estimate of drug-likeness (QED) is 0.659. The van der Waals surface area contributed by atoms with Gasteiger partial charge in [0.15, 0.2) is 0 Å². The maximum atomic E-state index is 6.69. The molecule has 1 atom stereocenters. The van der Waals surface area contributed by atoms with Gasteiger partial charge in [0.25, 0.3) is 0 Å². The monoisotopic (exact) mass is 374 g/mol. The summed E-state index contributed by atoms with van der Waals surface area (Å²) in [5, 5.41) is 1.70. The van der Waals surface area contributed by atoms with E-state index in [1.807, 2.05) is 25.3 Å². The molecule has 20 heavy (non-hydrogen) atoms. The van der Waals surface area contributed by atoms with E-state index in [0.29, 0.717) is 0 Å². The van der Waals surface area contributed by atoms with Crippen LogP contribution in [0.4, 0.5) is 0 Å². The summed E-state index contributed by atoms with van der Waals surface area (Å²) < 4.78 is 11.8. The number of thiophene rings is 1. The highest BCUT2D eigenvalue weighted by atomic mass is 79.9. The average molecular weight is 376 g/mol. The van der Waals surface area contributed by atoms with Crippen molar-refractivity contribution < 1.29 is 9.47 Å². The van der Waals surface area contributed by atoms with Crippen LogP contribution in [-0.4, -0.2) is 14.2 Å². The van der Waals surface area contributed by atoms with Gasteiger partial charge in [-0.25, -0.2) is 0 Å². The molecule has 0 radical (unpaired) electrons. The number of hydrogen-bond donors (Lipinski definition) is 0. The third-order valence-electron chi connectivity index (χ3n) is 3.25. The minimum absolute atomic E-state index is 0.255. The van der Waals surface area contributed by atoms with Crippen LogP contribution in [0.15, 0.2) is 22.0 Å². The van der Waals surface area contributed by atoms with Gasteiger partial charge in [0, 0.05) is 20.3 Å². The summed E-state index contributed by atoms with van der Waals surface area (Å²) in [6, 6.07) is 4.02. The molecular formula is C15H16BrClO2S. The van der Waals surface area contributed by atoms with E-state index in [1.165, 1.54) is 0 Å². The van der Waals surface area contributed by atoms with E-state index in [9.17, 15) is 0 Å². The third-order valence-corrected chi connectivity index (χ3v) is 5.63. The number of methoxy groups -OCH3 is 2.